The second kappa shape index (κ2) is 6.30. The summed E-state index contributed by atoms with van der Waals surface area (Å²) in [6, 6.07) is 0. The summed E-state index contributed by atoms with van der Waals surface area (Å²) in [5.74, 6) is 5.76. The summed E-state index contributed by atoms with van der Waals surface area (Å²) < 4.78 is 0. The van der Waals surface area contributed by atoms with Crippen LogP contribution >= 0.6 is 0 Å². The smallest absolute Gasteiger partial charge is 0.00921 e. The minimum Gasteiger partial charge on any atom is -0.0985 e. The third-order valence-electron chi connectivity index (χ3n) is 0.859. The molecule has 0 aliphatic heterocycles. The molecule has 0 aliphatic carbocycles. The molecular formula is C8H12. The molecule has 0 N–H and O–H groups in total. The first kappa shape index (κ1) is 7.30. The van der Waals surface area contributed by atoms with E-state index in [-0.39, 0.29) is 0 Å². The standard InChI is InChI=1S/C8H12/c1-3-5-7-8-6-4-2/h3H,1,4,6,8H2,2H3. The highest BCUT2D eigenvalue weighted by Gasteiger charge is 1.73. The molecule has 0 unspecified atom stereocenters. The van der Waals surface area contributed by atoms with E-state index in [1.807, 2.05) is 0 Å². The summed E-state index contributed by atoms with van der Waals surface area (Å²) in [7, 11) is 0. The van der Waals surface area contributed by atoms with E-state index in [0.29, 0.717) is 0 Å². The van der Waals surface area contributed by atoms with Crippen LogP contribution in [0.2, 0.25) is 0 Å². The van der Waals surface area contributed by atoms with Crippen molar-refractivity contribution in [3.05, 3.63) is 12.7 Å². The van der Waals surface area contributed by atoms with Crippen molar-refractivity contribution in [2.75, 3.05) is 0 Å². The molecule has 0 saturated heterocycles. The highest BCUT2D eigenvalue weighted by molar-refractivity contribution is 5.11. The summed E-state index contributed by atoms with van der Waals surface area (Å²) in [5.41, 5.74) is 0. The van der Waals surface area contributed by atoms with Crippen molar-refractivity contribution in [2.24, 2.45) is 0 Å². The average molecular weight is 108 g/mol. The van der Waals surface area contributed by atoms with Crippen molar-refractivity contribution in [3.8, 4) is 11.8 Å². The van der Waals surface area contributed by atoms with Crippen molar-refractivity contribution in [1.29, 1.82) is 0 Å². The van der Waals surface area contributed by atoms with Gasteiger partial charge in [-0.2, -0.15) is 0 Å². The van der Waals surface area contributed by atoms with Crippen molar-refractivity contribution in [1.82, 2.24) is 0 Å². The van der Waals surface area contributed by atoms with E-state index in [4.69, 9.17) is 0 Å². The molecule has 0 nitrogen and oxygen atoms in total. The lowest BCUT2D eigenvalue weighted by molar-refractivity contribution is 0.828. The maximum Gasteiger partial charge on any atom is 0.00921 e. The third-order valence-corrected chi connectivity index (χ3v) is 0.859. The molecule has 0 fully saturated rings. The summed E-state index contributed by atoms with van der Waals surface area (Å²) in [6.07, 6.45) is 5.09. The fourth-order valence-electron chi connectivity index (χ4n) is 0.410. The van der Waals surface area contributed by atoms with Gasteiger partial charge >= 0.3 is 0 Å². The molecule has 0 heteroatoms. The molecule has 0 bridgehead atoms. The van der Waals surface area contributed by atoms with Gasteiger partial charge in [-0.05, 0) is 12.5 Å². The SMILES string of the molecule is C=CC#CCCCC. The van der Waals surface area contributed by atoms with Crippen molar-refractivity contribution >= 4 is 0 Å². The molecule has 0 aromatic heterocycles. The molecule has 44 valence electrons. The molecule has 0 aliphatic rings. The first-order valence-electron chi connectivity index (χ1n) is 3.01. The van der Waals surface area contributed by atoms with Crippen molar-refractivity contribution in [2.45, 2.75) is 26.2 Å². The van der Waals surface area contributed by atoms with Crippen LogP contribution in [0.1, 0.15) is 26.2 Å². The Morgan fingerprint density at radius 1 is 1.62 bits per heavy atom. The Morgan fingerprint density at radius 3 is 2.88 bits per heavy atom. The Hall–Kier alpha value is -0.700. The summed E-state index contributed by atoms with van der Waals surface area (Å²) in [5, 5.41) is 0. The predicted molar refractivity (Wildman–Crippen MR) is 37.5 cm³/mol. The van der Waals surface area contributed by atoms with Gasteiger partial charge in [0.1, 0.15) is 0 Å². The monoisotopic (exact) mass is 108 g/mol. The highest BCUT2D eigenvalue weighted by atomic mass is 13.8. The molecule has 0 aromatic carbocycles. The lowest BCUT2D eigenvalue weighted by atomic mass is 10.2. The number of allylic oxidation sites excluding steroid dienone is 1. The molecule has 8 heavy (non-hydrogen) atoms. The van der Waals surface area contributed by atoms with Crippen LogP contribution in [0.5, 0.6) is 0 Å². The van der Waals surface area contributed by atoms with Crippen molar-refractivity contribution in [3.63, 3.8) is 0 Å². The van der Waals surface area contributed by atoms with E-state index in [9.17, 15) is 0 Å². The van der Waals surface area contributed by atoms with Gasteiger partial charge in [0.05, 0.1) is 0 Å². The van der Waals surface area contributed by atoms with E-state index >= 15 is 0 Å². The second-order valence-corrected chi connectivity index (χ2v) is 1.63. The zero-order valence-corrected chi connectivity index (χ0v) is 5.41. The van der Waals surface area contributed by atoms with Crippen LogP contribution in [-0.2, 0) is 0 Å². The minimum absolute atomic E-state index is 1.02. The number of rotatable bonds is 2. The summed E-state index contributed by atoms with van der Waals surface area (Å²) in [4.78, 5) is 0. The Balaban J connectivity index is 3.02. The van der Waals surface area contributed by atoms with Gasteiger partial charge in [-0.3, -0.25) is 0 Å². The van der Waals surface area contributed by atoms with E-state index in [1.54, 1.807) is 6.08 Å². The normalized spacial score (nSPS) is 7.12. The fraction of sp³-hybridized carbons (Fsp3) is 0.500. The number of hydrogen-bond donors (Lipinski definition) is 0. The maximum absolute atomic E-state index is 3.48. The molecule has 0 saturated carbocycles. The Bertz CT molecular complexity index is 101. The summed E-state index contributed by atoms with van der Waals surface area (Å²) >= 11 is 0. The van der Waals surface area contributed by atoms with E-state index in [0.717, 1.165) is 6.42 Å². The Kier molecular flexibility index (Phi) is 5.75. The van der Waals surface area contributed by atoms with Gasteiger partial charge in [0.25, 0.3) is 0 Å². The van der Waals surface area contributed by atoms with Gasteiger partial charge in [0.15, 0.2) is 0 Å². The topological polar surface area (TPSA) is 0 Å². The lowest BCUT2D eigenvalue weighted by Gasteiger charge is -1.80. The Labute approximate surface area is 51.6 Å². The van der Waals surface area contributed by atoms with Crippen LogP contribution in [0, 0.1) is 11.8 Å². The van der Waals surface area contributed by atoms with Crippen molar-refractivity contribution < 1.29 is 0 Å². The lowest BCUT2D eigenvalue weighted by Crippen LogP contribution is -1.64. The second-order valence-electron chi connectivity index (χ2n) is 1.63. The van der Waals surface area contributed by atoms with Gasteiger partial charge in [-0.15, -0.1) is 0 Å². The zero-order valence-electron chi connectivity index (χ0n) is 5.41. The first-order valence-corrected chi connectivity index (χ1v) is 3.01. The maximum atomic E-state index is 3.48. The molecular weight excluding hydrogens is 96.1 g/mol. The van der Waals surface area contributed by atoms with Gasteiger partial charge in [0.2, 0.25) is 0 Å². The van der Waals surface area contributed by atoms with Crippen LogP contribution in [0.25, 0.3) is 0 Å². The fourth-order valence-corrected chi connectivity index (χ4v) is 0.410. The van der Waals surface area contributed by atoms with Gasteiger partial charge in [-0.1, -0.05) is 31.8 Å². The van der Waals surface area contributed by atoms with E-state index in [2.05, 4.69) is 25.3 Å². The van der Waals surface area contributed by atoms with Crippen LogP contribution in [0.3, 0.4) is 0 Å². The molecule has 0 spiro atoms. The highest BCUT2D eigenvalue weighted by Crippen LogP contribution is 1.89. The van der Waals surface area contributed by atoms with Crippen LogP contribution in [0.4, 0.5) is 0 Å². The van der Waals surface area contributed by atoms with Gasteiger partial charge in [0, 0.05) is 6.42 Å². The molecule has 0 rings (SSSR count). The third kappa shape index (κ3) is 5.30. The van der Waals surface area contributed by atoms with Crippen LogP contribution < -0.4 is 0 Å². The van der Waals surface area contributed by atoms with Crippen LogP contribution in [-0.4, -0.2) is 0 Å². The minimum atomic E-state index is 1.02. The largest absolute Gasteiger partial charge is 0.0985 e. The van der Waals surface area contributed by atoms with Gasteiger partial charge < -0.3 is 0 Å². The number of unbranched alkanes of at least 4 members (excludes halogenated alkanes) is 2. The molecule has 0 radical (unpaired) electrons. The molecule has 0 heterocycles. The molecule has 0 aromatic rings. The average Bonchev–Trinajstić information content (AvgIpc) is 1.81. The number of hydrogen-bond acceptors (Lipinski definition) is 0. The van der Waals surface area contributed by atoms with E-state index < -0.39 is 0 Å². The van der Waals surface area contributed by atoms with E-state index in [1.165, 1.54) is 12.8 Å². The predicted octanol–water partition coefficient (Wildman–Crippen LogP) is 2.37. The molecule has 0 atom stereocenters. The quantitative estimate of drug-likeness (QED) is 0.376. The zero-order chi connectivity index (χ0) is 6.24. The Morgan fingerprint density at radius 2 is 2.38 bits per heavy atom. The van der Waals surface area contributed by atoms with Gasteiger partial charge in [-0.25, -0.2) is 0 Å². The summed E-state index contributed by atoms with van der Waals surface area (Å²) in [6.45, 7) is 5.65. The van der Waals surface area contributed by atoms with Crippen LogP contribution in [0.15, 0.2) is 12.7 Å². The first-order chi connectivity index (χ1) is 3.91. The molecule has 0 amide bonds.